The standard InChI is InChI=1S/C11H20O7S/c1-6-7(18-19(5,12)13)8-9(10(14-4)15-6)17-11(2,3)16-8/h6-10H,1-5H3/t6-,7+,8+,9+,10+/m0/s1. The van der Waals surface area contributed by atoms with Crippen molar-refractivity contribution in [1.29, 1.82) is 0 Å². The minimum absolute atomic E-state index is 0.488. The van der Waals surface area contributed by atoms with E-state index in [2.05, 4.69) is 0 Å². The summed E-state index contributed by atoms with van der Waals surface area (Å²) >= 11 is 0. The summed E-state index contributed by atoms with van der Waals surface area (Å²) in [6, 6.07) is 0. The molecule has 0 radical (unpaired) electrons. The third kappa shape index (κ3) is 3.26. The maximum Gasteiger partial charge on any atom is 0.264 e. The average Bonchev–Trinajstić information content (AvgIpc) is 2.56. The molecule has 0 N–H and O–H groups in total. The van der Waals surface area contributed by atoms with Gasteiger partial charge in [0.1, 0.15) is 18.3 Å². The number of ether oxygens (including phenoxy) is 4. The second kappa shape index (κ2) is 4.94. The first-order valence-corrected chi connectivity index (χ1v) is 7.87. The SMILES string of the molecule is CO[C@@H]1O[C@@H](C)[C@@H](OS(C)(=O)=O)[C@H]2OC(C)(C)O[C@@H]12. The zero-order valence-corrected chi connectivity index (χ0v) is 12.5. The van der Waals surface area contributed by atoms with Crippen LogP contribution in [0.1, 0.15) is 20.8 Å². The van der Waals surface area contributed by atoms with Crippen molar-refractivity contribution in [3.8, 4) is 0 Å². The molecule has 19 heavy (non-hydrogen) atoms. The first kappa shape index (κ1) is 15.1. The first-order chi connectivity index (χ1) is 8.63. The van der Waals surface area contributed by atoms with Gasteiger partial charge in [0.25, 0.3) is 10.1 Å². The molecule has 2 aliphatic heterocycles. The molecule has 7 nitrogen and oxygen atoms in total. The second-order valence-corrected chi connectivity index (χ2v) is 6.88. The van der Waals surface area contributed by atoms with Crippen molar-refractivity contribution < 1.29 is 31.5 Å². The van der Waals surface area contributed by atoms with Crippen LogP contribution in [-0.4, -0.2) is 58.3 Å². The fourth-order valence-corrected chi connectivity index (χ4v) is 3.11. The third-order valence-corrected chi connectivity index (χ3v) is 3.66. The molecule has 0 saturated carbocycles. The fourth-order valence-electron chi connectivity index (χ4n) is 2.44. The Morgan fingerprint density at radius 3 is 2.26 bits per heavy atom. The zero-order chi connectivity index (χ0) is 14.4. The summed E-state index contributed by atoms with van der Waals surface area (Å²) in [6.45, 7) is 5.22. The minimum Gasteiger partial charge on any atom is -0.353 e. The first-order valence-electron chi connectivity index (χ1n) is 6.05. The van der Waals surface area contributed by atoms with Crippen LogP contribution in [0.2, 0.25) is 0 Å². The van der Waals surface area contributed by atoms with Gasteiger partial charge in [-0.15, -0.1) is 0 Å². The Morgan fingerprint density at radius 1 is 1.16 bits per heavy atom. The molecule has 0 aromatic carbocycles. The Balaban J connectivity index is 2.25. The van der Waals surface area contributed by atoms with Crippen molar-refractivity contribution in [2.75, 3.05) is 13.4 Å². The Labute approximate surface area is 113 Å². The third-order valence-electron chi connectivity index (χ3n) is 3.09. The quantitative estimate of drug-likeness (QED) is 0.690. The molecule has 0 unspecified atom stereocenters. The van der Waals surface area contributed by atoms with Crippen LogP contribution in [0, 0.1) is 0 Å². The summed E-state index contributed by atoms with van der Waals surface area (Å²) in [5, 5.41) is 0. The van der Waals surface area contributed by atoms with E-state index in [1.807, 2.05) is 0 Å². The van der Waals surface area contributed by atoms with E-state index in [1.54, 1.807) is 20.8 Å². The molecule has 2 saturated heterocycles. The normalized spacial score (nSPS) is 42.1. The lowest BCUT2D eigenvalue weighted by Crippen LogP contribution is -2.57. The zero-order valence-electron chi connectivity index (χ0n) is 11.7. The molecule has 2 fully saturated rings. The molecule has 8 heteroatoms. The van der Waals surface area contributed by atoms with Gasteiger partial charge in [-0.2, -0.15) is 8.42 Å². The van der Waals surface area contributed by atoms with Crippen molar-refractivity contribution in [1.82, 2.24) is 0 Å². The van der Waals surface area contributed by atoms with Crippen molar-refractivity contribution in [2.24, 2.45) is 0 Å². The van der Waals surface area contributed by atoms with Gasteiger partial charge in [-0.05, 0) is 20.8 Å². The molecule has 112 valence electrons. The summed E-state index contributed by atoms with van der Waals surface area (Å²) in [4.78, 5) is 0. The van der Waals surface area contributed by atoms with Crippen LogP contribution < -0.4 is 0 Å². The summed E-state index contributed by atoms with van der Waals surface area (Å²) in [7, 11) is -2.11. The van der Waals surface area contributed by atoms with Crippen LogP contribution in [-0.2, 0) is 33.2 Å². The van der Waals surface area contributed by atoms with Gasteiger partial charge in [0, 0.05) is 7.11 Å². The number of rotatable bonds is 3. The maximum absolute atomic E-state index is 11.3. The average molecular weight is 296 g/mol. The van der Waals surface area contributed by atoms with Crippen LogP contribution in [0.5, 0.6) is 0 Å². The van der Waals surface area contributed by atoms with Crippen molar-refractivity contribution >= 4 is 10.1 Å². The minimum atomic E-state index is -3.61. The van der Waals surface area contributed by atoms with Crippen molar-refractivity contribution in [3.05, 3.63) is 0 Å². The Morgan fingerprint density at radius 2 is 1.74 bits per heavy atom. The van der Waals surface area contributed by atoms with E-state index in [1.165, 1.54) is 7.11 Å². The molecule has 0 bridgehead atoms. The largest absolute Gasteiger partial charge is 0.353 e. The molecule has 0 amide bonds. The van der Waals surface area contributed by atoms with Gasteiger partial charge in [0.05, 0.1) is 12.4 Å². The van der Waals surface area contributed by atoms with Gasteiger partial charge in [-0.25, -0.2) is 0 Å². The Hall–Kier alpha value is -0.250. The highest BCUT2D eigenvalue weighted by molar-refractivity contribution is 7.86. The second-order valence-electron chi connectivity index (χ2n) is 5.28. The van der Waals surface area contributed by atoms with E-state index in [0.717, 1.165) is 6.26 Å². The molecular weight excluding hydrogens is 276 g/mol. The molecule has 2 rings (SSSR count). The van der Waals surface area contributed by atoms with Gasteiger partial charge >= 0.3 is 0 Å². The molecule has 5 atom stereocenters. The van der Waals surface area contributed by atoms with Crippen LogP contribution in [0.25, 0.3) is 0 Å². The van der Waals surface area contributed by atoms with Gasteiger partial charge in [-0.1, -0.05) is 0 Å². The number of methoxy groups -OCH3 is 1. The summed E-state index contributed by atoms with van der Waals surface area (Å²) in [6.07, 6.45) is -1.94. The number of hydrogen-bond acceptors (Lipinski definition) is 7. The van der Waals surface area contributed by atoms with Gasteiger partial charge < -0.3 is 18.9 Å². The maximum atomic E-state index is 11.3. The van der Waals surface area contributed by atoms with Gasteiger partial charge in [-0.3, -0.25) is 4.18 Å². The molecule has 2 heterocycles. The van der Waals surface area contributed by atoms with E-state index < -0.39 is 46.6 Å². The highest BCUT2D eigenvalue weighted by Crippen LogP contribution is 2.39. The fraction of sp³-hybridized carbons (Fsp3) is 1.00. The van der Waals surface area contributed by atoms with Crippen LogP contribution in [0.4, 0.5) is 0 Å². The van der Waals surface area contributed by atoms with Crippen LogP contribution >= 0.6 is 0 Å². The van der Waals surface area contributed by atoms with Gasteiger partial charge in [0.15, 0.2) is 12.1 Å². The van der Waals surface area contributed by atoms with Gasteiger partial charge in [0.2, 0.25) is 0 Å². The Bertz CT molecular complexity index is 432. The number of fused-ring (bicyclic) bond motifs is 1. The predicted octanol–water partition coefficient (Wildman–Crippen LogP) is 0.243. The summed E-state index contributed by atoms with van der Waals surface area (Å²) < 4.78 is 50.0. The molecule has 0 spiro atoms. The topological polar surface area (TPSA) is 80.3 Å². The monoisotopic (exact) mass is 296 g/mol. The molecular formula is C11H20O7S. The predicted molar refractivity (Wildman–Crippen MR) is 64.9 cm³/mol. The molecule has 0 aromatic rings. The Kier molecular flexibility index (Phi) is 3.94. The lowest BCUT2D eigenvalue weighted by atomic mass is 10.0. The van der Waals surface area contributed by atoms with E-state index in [4.69, 9.17) is 23.1 Å². The molecule has 0 aliphatic carbocycles. The number of hydrogen-bond donors (Lipinski definition) is 0. The van der Waals surface area contributed by atoms with E-state index >= 15 is 0 Å². The van der Waals surface area contributed by atoms with E-state index in [0.29, 0.717) is 0 Å². The molecule has 0 aromatic heterocycles. The van der Waals surface area contributed by atoms with Crippen LogP contribution in [0.15, 0.2) is 0 Å². The smallest absolute Gasteiger partial charge is 0.264 e. The van der Waals surface area contributed by atoms with E-state index in [-0.39, 0.29) is 0 Å². The van der Waals surface area contributed by atoms with Crippen molar-refractivity contribution in [2.45, 2.75) is 57.3 Å². The van der Waals surface area contributed by atoms with Crippen LogP contribution in [0.3, 0.4) is 0 Å². The highest BCUT2D eigenvalue weighted by atomic mass is 32.2. The highest BCUT2D eigenvalue weighted by Gasteiger charge is 2.55. The summed E-state index contributed by atoms with van der Waals surface area (Å²) in [5.41, 5.74) is 0. The lowest BCUT2D eigenvalue weighted by Gasteiger charge is -2.39. The molecule has 2 aliphatic rings. The lowest BCUT2D eigenvalue weighted by molar-refractivity contribution is -0.258. The summed E-state index contributed by atoms with van der Waals surface area (Å²) in [5.74, 6) is -0.835. The van der Waals surface area contributed by atoms with E-state index in [9.17, 15) is 8.42 Å². The van der Waals surface area contributed by atoms with Crippen molar-refractivity contribution in [3.63, 3.8) is 0 Å².